The quantitative estimate of drug-likeness (QED) is 0.818. The summed E-state index contributed by atoms with van der Waals surface area (Å²) in [5, 5.41) is 6.70. The molecule has 2 bridgehead atoms. The van der Waals surface area contributed by atoms with Gasteiger partial charge in [-0.05, 0) is 62.3 Å². The van der Waals surface area contributed by atoms with Gasteiger partial charge in [0, 0.05) is 19.0 Å². The molecule has 1 heterocycles. The van der Waals surface area contributed by atoms with Gasteiger partial charge in [0.1, 0.15) is 0 Å². The van der Waals surface area contributed by atoms with Crippen LogP contribution < -0.4 is 10.6 Å². The monoisotopic (exact) mass is 264 g/mol. The SMILES string of the molecule is CC1CCCNC1CNC(=O)CC1CC2CCC1C2. The summed E-state index contributed by atoms with van der Waals surface area (Å²) in [7, 11) is 0. The van der Waals surface area contributed by atoms with Crippen LogP contribution in [0.25, 0.3) is 0 Å². The largest absolute Gasteiger partial charge is 0.355 e. The van der Waals surface area contributed by atoms with Crippen LogP contribution in [0.3, 0.4) is 0 Å². The fourth-order valence-corrected chi connectivity index (χ4v) is 4.55. The van der Waals surface area contributed by atoms with Crippen molar-refractivity contribution in [3.8, 4) is 0 Å². The van der Waals surface area contributed by atoms with Crippen LogP contribution in [0, 0.1) is 23.7 Å². The van der Waals surface area contributed by atoms with E-state index in [-0.39, 0.29) is 5.91 Å². The number of carbonyl (C=O) groups excluding carboxylic acids is 1. The molecule has 3 aliphatic rings. The highest BCUT2D eigenvalue weighted by molar-refractivity contribution is 5.76. The molecule has 0 spiro atoms. The van der Waals surface area contributed by atoms with Gasteiger partial charge in [-0.1, -0.05) is 13.3 Å². The fourth-order valence-electron chi connectivity index (χ4n) is 4.55. The van der Waals surface area contributed by atoms with Gasteiger partial charge in [-0.2, -0.15) is 0 Å². The number of fused-ring (bicyclic) bond motifs is 2. The summed E-state index contributed by atoms with van der Waals surface area (Å²) < 4.78 is 0. The van der Waals surface area contributed by atoms with Crippen molar-refractivity contribution >= 4 is 5.91 Å². The molecular weight excluding hydrogens is 236 g/mol. The molecule has 0 radical (unpaired) electrons. The van der Waals surface area contributed by atoms with E-state index in [1.54, 1.807) is 0 Å². The third-order valence-electron chi connectivity index (χ3n) is 5.78. The summed E-state index contributed by atoms with van der Waals surface area (Å²) in [6.45, 7) is 4.22. The van der Waals surface area contributed by atoms with Gasteiger partial charge in [-0.3, -0.25) is 4.79 Å². The Morgan fingerprint density at radius 2 is 2.16 bits per heavy atom. The second-order valence-electron chi connectivity index (χ2n) is 7.12. The molecule has 5 atom stereocenters. The lowest BCUT2D eigenvalue weighted by Gasteiger charge is -2.30. The molecule has 0 aromatic heterocycles. The van der Waals surface area contributed by atoms with E-state index in [0.717, 1.165) is 31.3 Å². The maximum absolute atomic E-state index is 12.1. The molecule has 0 aromatic rings. The first-order chi connectivity index (χ1) is 9.22. The molecule has 2 aliphatic carbocycles. The third-order valence-corrected chi connectivity index (χ3v) is 5.78. The summed E-state index contributed by atoms with van der Waals surface area (Å²) in [4.78, 5) is 12.1. The smallest absolute Gasteiger partial charge is 0.220 e. The minimum Gasteiger partial charge on any atom is -0.355 e. The lowest BCUT2D eigenvalue weighted by Crippen LogP contribution is -2.48. The minimum absolute atomic E-state index is 0.289. The average Bonchev–Trinajstić information content (AvgIpc) is 3.00. The molecule has 2 N–H and O–H groups in total. The average molecular weight is 264 g/mol. The van der Waals surface area contributed by atoms with Gasteiger partial charge in [0.05, 0.1) is 0 Å². The lowest BCUT2D eigenvalue weighted by atomic mass is 9.86. The Kier molecular flexibility index (Phi) is 4.11. The van der Waals surface area contributed by atoms with E-state index in [9.17, 15) is 4.79 Å². The molecule has 3 nitrogen and oxygen atoms in total. The van der Waals surface area contributed by atoms with Gasteiger partial charge in [-0.25, -0.2) is 0 Å². The highest BCUT2D eigenvalue weighted by Crippen LogP contribution is 2.49. The minimum atomic E-state index is 0.289. The second-order valence-corrected chi connectivity index (χ2v) is 7.12. The lowest BCUT2D eigenvalue weighted by molar-refractivity contribution is -0.122. The zero-order valence-corrected chi connectivity index (χ0v) is 12.2. The van der Waals surface area contributed by atoms with Gasteiger partial charge in [-0.15, -0.1) is 0 Å². The van der Waals surface area contributed by atoms with Gasteiger partial charge in [0.25, 0.3) is 0 Å². The van der Waals surface area contributed by atoms with Crippen molar-refractivity contribution in [1.82, 2.24) is 10.6 Å². The molecular formula is C16H28N2O. The van der Waals surface area contributed by atoms with Crippen LogP contribution in [-0.2, 0) is 4.79 Å². The molecule has 1 aliphatic heterocycles. The highest BCUT2D eigenvalue weighted by atomic mass is 16.1. The second kappa shape index (κ2) is 5.82. The van der Waals surface area contributed by atoms with Crippen LogP contribution >= 0.6 is 0 Å². The molecule has 1 amide bonds. The number of hydrogen-bond acceptors (Lipinski definition) is 2. The predicted molar refractivity (Wildman–Crippen MR) is 76.8 cm³/mol. The third kappa shape index (κ3) is 3.13. The summed E-state index contributed by atoms with van der Waals surface area (Å²) >= 11 is 0. The van der Waals surface area contributed by atoms with E-state index in [0.29, 0.717) is 17.9 Å². The van der Waals surface area contributed by atoms with Gasteiger partial charge < -0.3 is 10.6 Å². The zero-order valence-electron chi connectivity index (χ0n) is 12.2. The van der Waals surface area contributed by atoms with Crippen molar-refractivity contribution in [2.24, 2.45) is 23.7 Å². The highest BCUT2D eigenvalue weighted by Gasteiger charge is 2.40. The van der Waals surface area contributed by atoms with E-state index >= 15 is 0 Å². The summed E-state index contributed by atoms with van der Waals surface area (Å²) in [6.07, 6.45) is 8.87. The predicted octanol–water partition coefficient (Wildman–Crippen LogP) is 2.32. The van der Waals surface area contributed by atoms with Gasteiger partial charge in [0.15, 0.2) is 0 Å². The van der Waals surface area contributed by atoms with Crippen molar-refractivity contribution in [1.29, 1.82) is 0 Å². The van der Waals surface area contributed by atoms with E-state index in [1.165, 1.54) is 38.5 Å². The standard InChI is InChI=1S/C16H28N2O/c1-11-3-2-6-17-15(11)10-18-16(19)9-14-8-12-4-5-13(14)7-12/h11-15,17H,2-10H2,1H3,(H,18,19). The van der Waals surface area contributed by atoms with Crippen molar-refractivity contribution in [3.63, 3.8) is 0 Å². The van der Waals surface area contributed by atoms with Crippen LogP contribution in [0.2, 0.25) is 0 Å². The van der Waals surface area contributed by atoms with Crippen molar-refractivity contribution in [3.05, 3.63) is 0 Å². The molecule has 3 rings (SSSR count). The zero-order chi connectivity index (χ0) is 13.2. The van der Waals surface area contributed by atoms with Gasteiger partial charge in [0.2, 0.25) is 5.91 Å². The number of nitrogens with one attached hydrogen (secondary N) is 2. The normalized spacial score (nSPS) is 41.4. The Hall–Kier alpha value is -0.570. The first-order valence-corrected chi connectivity index (χ1v) is 8.22. The van der Waals surface area contributed by atoms with Gasteiger partial charge >= 0.3 is 0 Å². The number of piperidine rings is 1. The Morgan fingerprint density at radius 3 is 2.84 bits per heavy atom. The number of carbonyl (C=O) groups is 1. The maximum Gasteiger partial charge on any atom is 0.220 e. The maximum atomic E-state index is 12.1. The number of amides is 1. The summed E-state index contributed by atoms with van der Waals surface area (Å²) in [6, 6.07) is 0.484. The van der Waals surface area contributed by atoms with Crippen LogP contribution in [0.4, 0.5) is 0 Å². The molecule has 3 heteroatoms. The molecule has 108 valence electrons. The van der Waals surface area contributed by atoms with E-state index in [1.807, 2.05) is 0 Å². The van der Waals surface area contributed by atoms with Crippen LogP contribution in [0.15, 0.2) is 0 Å². The molecule has 2 saturated carbocycles. The molecule has 3 fully saturated rings. The molecule has 19 heavy (non-hydrogen) atoms. The molecule has 5 unspecified atom stereocenters. The van der Waals surface area contributed by atoms with E-state index < -0.39 is 0 Å². The Morgan fingerprint density at radius 1 is 1.26 bits per heavy atom. The fraction of sp³-hybridized carbons (Fsp3) is 0.938. The number of hydrogen-bond donors (Lipinski definition) is 2. The van der Waals surface area contributed by atoms with Crippen molar-refractivity contribution in [2.45, 2.75) is 57.9 Å². The summed E-state index contributed by atoms with van der Waals surface area (Å²) in [5.74, 6) is 3.48. The van der Waals surface area contributed by atoms with Crippen LogP contribution in [0.5, 0.6) is 0 Å². The van der Waals surface area contributed by atoms with Crippen molar-refractivity contribution < 1.29 is 4.79 Å². The van der Waals surface area contributed by atoms with Crippen molar-refractivity contribution in [2.75, 3.05) is 13.1 Å². The Balaban J connectivity index is 1.39. The van der Waals surface area contributed by atoms with Crippen LogP contribution in [0.1, 0.15) is 51.9 Å². The Bertz CT molecular complexity index is 331. The Labute approximate surface area is 116 Å². The number of rotatable bonds is 4. The van der Waals surface area contributed by atoms with Crippen LogP contribution in [-0.4, -0.2) is 25.0 Å². The topological polar surface area (TPSA) is 41.1 Å². The summed E-state index contributed by atoms with van der Waals surface area (Å²) in [5.41, 5.74) is 0. The molecule has 1 saturated heterocycles. The first-order valence-electron chi connectivity index (χ1n) is 8.22. The van der Waals surface area contributed by atoms with E-state index in [2.05, 4.69) is 17.6 Å². The van der Waals surface area contributed by atoms with E-state index in [4.69, 9.17) is 0 Å². The molecule has 0 aromatic carbocycles. The first kappa shape index (κ1) is 13.4.